The molecule has 0 saturated heterocycles. The fourth-order valence-corrected chi connectivity index (χ4v) is 3.30. The number of fused-ring (bicyclic) bond motifs is 1. The van der Waals surface area contributed by atoms with Crippen LogP contribution in [0.4, 0.5) is 5.69 Å². The number of hydrogen-bond acceptors (Lipinski definition) is 3. The second-order valence-electron chi connectivity index (χ2n) is 6.27. The van der Waals surface area contributed by atoms with Crippen molar-refractivity contribution in [1.29, 1.82) is 0 Å². The number of benzene rings is 2. The second kappa shape index (κ2) is 7.42. The Labute approximate surface area is 155 Å². The van der Waals surface area contributed by atoms with E-state index < -0.39 is 0 Å². The number of anilines is 1. The van der Waals surface area contributed by atoms with Crippen LogP contribution in [0.3, 0.4) is 0 Å². The van der Waals surface area contributed by atoms with E-state index in [0.717, 1.165) is 32.5 Å². The van der Waals surface area contributed by atoms with Gasteiger partial charge in [-0.3, -0.25) is 10.1 Å². The van der Waals surface area contributed by atoms with Crippen molar-refractivity contribution in [2.45, 2.75) is 32.9 Å². The van der Waals surface area contributed by atoms with Crippen molar-refractivity contribution in [1.82, 2.24) is 5.32 Å². The number of nitrogens with one attached hydrogen (secondary N) is 2. The maximum absolute atomic E-state index is 12.5. The van der Waals surface area contributed by atoms with E-state index in [4.69, 9.17) is 4.42 Å². The highest BCUT2D eigenvalue weighted by atomic mass is 79.9. The van der Waals surface area contributed by atoms with E-state index in [1.807, 2.05) is 69.3 Å². The normalized spacial score (nSPS) is 13.6. The third-order valence-corrected chi connectivity index (χ3v) is 4.80. The average Bonchev–Trinajstić information content (AvgIpc) is 3.01. The van der Waals surface area contributed by atoms with Crippen LogP contribution in [0.15, 0.2) is 57.4 Å². The van der Waals surface area contributed by atoms with Gasteiger partial charge in [0.2, 0.25) is 5.91 Å². The van der Waals surface area contributed by atoms with Crippen LogP contribution in [0.1, 0.15) is 31.2 Å². The molecule has 4 nitrogen and oxygen atoms in total. The fraction of sp³-hybridized carbons (Fsp3) is 0.250. The van der Waals surface area contributed by atoms with Crippen molar-refractivity contribution in [3.05, 3.63) is 64.3 Å². The standard InChI is InChI=1S/C20H21BrN2O2/c1-12-8-9-17(16(21)10-12)23-20(24)14(3)22-13(2)19-11-15-6-4-5-7-18(15)25-19/h4-11,13-14,22H,1-3H3,(H,23,24). The zero-order valence-electron chi connectivity index (χ0n) is 14.5. The molecule has 0 aliphatic heterocycles. The summed E-state index contributed by atoms with van der Waals surface area (Å²) in [6, 6.07) is 15.3. The molecular formula is C20H21BrN2O2. The Morgan fingerprint density at radius 1 is 1.12 bits per heavy atom. The third-order valence-electron chi connectivity index (χ3n) is 4.15. The summed E-state index contributed by atoms with van der Waals surface area (Å²) in [6.07, 6.45) is 0. The number of carbonyl (C=O) groups is 1. The summed E-state index contributed by atoms with van der Waals surface area (Å²) in [7, 11) is 0. The number of halogens is 1. The monoisotopic (exact) mass is 400 g/mol. The predicted molar refractivity (Wildman–Crippen MR) is 105 cm³/mol. The zero-order chi connectivity index (χ0) is 18.0. The topological polar surface area (TPSA) is 54.3 Å². The van der Waals surface area contributed by atoms with Crippen LogP contribution < -0.4 is 10.6 Å². The number of furan rings is 1. The van der Waals surface area contributed by atoms with Crippen LogP contribution in [-0.4, -0.2) is 11.9 Å². The Bertz CT molecular complexity index is 871. The van der Waals surface area contributed by atoms with Crippen molar-refractivity contribution < 1.29 is 9.21 Å². The first-order chi connectivity index (χ1) is 11.9. The Morgan fingerprint density at radius 3 is 2.60 bits per heavy atom. The fourth-order valence-electron chi connectivity index (χ4n) is 2.71. The minimum atomic E-state index is -0.364. The van der Waals surface area contributed by atoms with Gasteiger partial charge in [0.15, 0.2) is 0 Å². The molecule has 2 unspecified atom stereocenters. The van der Waals surface area contributed by atoms with Crippen molar-refractivity contribution >= 4 is 38.5 Å². The summed E-state index contributed by atoms with van der Waals surface area (Å²) >= 11 is 3.48. The molecule has 2 aromatic carbocycles. The average molecular weight is 401 g/mol. The molecule has 2 atom stereocenters. The zero-order valence-corrected chi connectivity index (χ0v) is 16.1. The van der Waals surface area contributed by atoms with E-state index in [1.165, 1.54) is 0 Å². The highest BCUT2D eigenvalue weighted by Crippen LogP contribution is 2.25. The lowest BCUT2D eigenvalue weighted by molar-refractivity contribution is -0.118. The molecule has 1 heterocycles. The molecule has 0 spiro atoms. The van der Waals surface area contributed by atoms with E-state index >= 15 is 0 Å². The van der Waals surface area contributed by atoms with Gasteiger partial charge in [-0.25, -0.2) is 0 Å². The summed E-state index contributed by atoms with van der Waals surface area (Å²) in [5.41, 5.74) is 2.75. The first kappa shape index (κ1) is 17.7. The van der Waals surface area contributed by atoms with E-state index in [0.29, 0.717) is 0 Å². The number of para-hydroxylation sites is 1. The van der Waals surface area contributed by atoms with E-state index in [-0.39, 0.29) is 18.0 Å². The summed E-state index contributed by atoms with van der Waals surface area (Å²) in [5, 5.41) is 7.29. The molecule has 130 valence electrons. The largest absolute Gasteiger partial charge is 0.459 e. The van der Waals surface area contributed by atoms with Gasteiger partial charge in [-0.05, 0) is 66.5 Å². The lowest BCUT2D eigenvalue weighted by Crippen LogP contribution is -2.39. The van der Waals surface area contributed by atoms with Crippen LogP contribution in [0.5, 0.6) is 0 Å². The van der Waals surface area contributed by atoms with Crippen LogP contribution in [0.25, 0.3) is 11.0 Å². The molecule has 5 heteroatoms. The van der Waals surface area contributed by atoms with Crippen LogP contribution >= 0.6 is 15.9 Å². The minimum Gasteiger partial charge on any atom is -0.459 e. The van der Waals surface area contributed by atoms with Gasteiger partial charge in [-0.15, -0.1) is 0 Å². The van der Waals surface area contributed by atoms with Crippen molar-refractivity contribution in [2.24, 2.45) is 0 Å². The van der Waals surface area contributed by atoms with Gasteiger partial charge in [0.25, 0.3) is 0 Å². The number of hydrogen-bond donors (Lipinski definition) is 2. The highest BCUT2D eigenvalue weighted by Gasteiger charge is 2.19. The molecule has 0 aliphatic carbocycles. The second-order valence-corrected chi connectivity index (χ2v) is 7.12. The number of rotatable bonds is 5. The van der Waals surface area contributed by atoms with Crippen molar-refractivity contribution in [3.8, 4) is 0 Å². The van der Waals surface area contributed by atoms with E-state index in [1.54, 1.807) is 0 Å². The number of carbonyl (C=O) groups excluding carboxylic acids is 1. The molecule has 1 aromatic heterocycles. The number of aryl methyl sites for hydroxylation is 1. The lowest BCUT2D eigenvalue weighted by Gasteiger charge is -2.18. The van der Waals surface area contributed by atoms with Gasteiger partial charge in [-0.1, -0.05) is 24.3 Å². The molecular weight excluding hydrogens is 380 g/mol. The number of amides is 1. The summed E-state index contributed by atoms with van der Waals surface area (Å²) in [6.45, 7) is 5.84. The molecule has 0 fully saturated rings. The third kappa shape index (κ3) is 4.11. The maximum Gasteiger partial charge on any atom is 0.241 e. The van der Waals surface area contributed by atoms with E-state index in [9.17, 15) is 4.79 Å². The highest BCUT2D eigenvalue weighted by molar-refractivity contribution is 9.10. The molecule has 0 radical (unpaired) electrons. The molecule has 2 N–H and O–H groups in total. The Kier molecular flexibility index (Phi) is 5.25. The Morgan fingerprint density at radius 2 is 1.88 bits per heavy atom. The maximum atomic E-state index is 12.5. The first-order valence-corrected chi connectivity index (χ1v) is 9.05. The lowest BCUT2D eigenvalue weighted by atomic mass is 10.2. The molecule has 1 amide bonds. The molecule has 0 bridgehead atoms. The van der Waals surface area contributed by atoms with Crippen LogP contribution in [0, 0.1) is 6.92 Å². The summed E-state index contributed by atoms with van der Waals surface area (Å²) in [5.74, 6) is 0.727. The molecule has 0 aliphatic rings. The van der Waals surface area contributed by atoms with Gasteiger partial charge in [0.1, 0.15) is 11.3 Å². The van der Waals surface area contributed by atoms with Gasteiger partial charge in [0, 0.05) is 9.86 Å². The van der Waals surface area contributed by atoms with Gasteiger partial charge < -0.3 is 9.73 Å². The van der Waals surface area contributed by atoms with Crippen molar-refractivity contribution in [3.63, 3.8) is 0 Å². The Balaban J connectivity index is 1.66. The first-order valence-electron chi connectivity index (χ1n) is 8.25. The minimum absolute atomic E-state index is 0.0744. The van der Waals surface area contributed by atoms with Gasteiger partial charge >= 0.3 is 0 Å². The predicted octanol–water partition coefficient (Wildman–Crippen LogP) is 5.18. The van der Waals surface area contributed by atoms with Gasteiger partial charge in [-0.2, -0.15) is 0 Å². The summed E-state index contributed by atoms with van der Waals surface area (Å²) in [4.78, 5) is 12.5. The quantitative estimate of drug-likeness (QED) is 0.619. The smallest absolute Gasteiger partial charge is 0.241 e. The summed E-state index contributed by atoms with van der Waals surface area (Å²) < 4.78 is 6.73. The molecule has 3 aromatic rings. The van der Waals surface area contributed by atoms with E-state index in [2.05, 4.69) is 26.6 Å². The van der Waals surface area contributed by atoms with Crippen LogP contribution in [-0.2, 0) is 4.79 Å². The van der Waals surface area contributed by atoms with Gasteiger partial charge in [0.05, 0.1) is 17.8 Å². The molecule has 3 rings (SSSR count). The van der Waals surface area contributed by atoms with Crippen molar-refractivity contribution in [2.75, 3.05) is 5.32 Å². The molecule has 0 saturated carbocycles. The SMILES string of the molecule is Cc1ccc(NC(=O)C(C)NC(C)c2cc3ccccc3o2)c(Br)c1. The molecule has 25 heavy (non-hydrogen) atoms. The van der Waals surface area contributed by atoms with Crippen LogP contribution in [0.2, 0.25) is 0 Å². The Hall–Kier alpha value is -2.11.